The number of hydrogen-bond donors (Lipinski definition) is 2. The SMILES string of the molecule is COc1ccc(O)c(-c2cc(C(=O)O)nn2C)c1OC. The van der Waals surface area contributed by atoms with E-state index in [-0.39, 0.29) is 11.4 Å². The van der Waals surface area contributed by atoms with Crippen LogP contribution in [0.15, 0.2) is 18.2 Å². The third-order valence-electron chi connectivity index (χ3n) is 2.88. The van der Waals surface area contributed by atoms with E-state index < -0.39 is 5.97 Å². The van der Waals surface area contributed by atoms with Crippen LogP contribution >= 0.6 is 0 Å². The van der Waals surface area contributed by atoms with Crippen molar-refractivity contribution in [1.82, 2.24) is 9.78 Å². The van der Waals surface area contributed by atoms with Gasteiger partial charge in [0.1, 0.15) is 5.75 Å². The second-order valence-corrected chi connectivity index (χ2v) is 4.04. The summed E-state index contributed by atoms with van der Waals surface area (Å²) in [6, 6.07) is 4.37. The van der Waals surface area contributed by atoms with E-state index in [1.54, 1.807) is 13.1 Å². The van der Waals surface area contributed by atoms with Crippen LogP contribution in [0, 0.1) is 0 Å². The van der Waals surface area contributed by atoms with Crippen LogP contribution in [0.5, 0.6) is 17.2 Å². The maximum atomic E-state index is 11.0. The highest BCUT2D eigenvalue weighted by molar-refractivity contribution is 5.88. The van der Waals surface area contributed by atoms with Gasteiger partial charge in [-0.15, -0.1) is 0 Å². The first kappa shape index (κ1) is 13.7. The smallest absolute Gasteiger partial charge is 0.356 e. The van der Waals surface area contributed by atoms with E-state index in [4.69, 9.17) is 14.6 Å². The van der Waals surface area contributed by atoms with Crippen LogP contribution in [0.2, 0.25) is 0 Å². The van der Waals surface area contributed by atoms with Crippen molar-refractivity contribution in [2.24, 2.45) is 7.05 Å². The minimum absolute atomic E-state index is 0.0532. The van der Waals surface area contributed by atoms with Gasteiger partial charge in [0.25, 0.3) is 0 Å². The molecule has 0 unspecified atom stereocenters. The molecular weight excluding hydrogens is 264 g/mol. The van der Waals surface area contributed by atoms with E-state index in [0.717, 1.165) is 0 Å². The number of phenols is 1. The highest BCUT2D eigenvalue weighted by atomic mass is 16.5. The van der Waals surface area contributed by atoms with Crippen molar-refractivity contribution in [1.29, 1.82) is 0 Å². The fraction of sp³-hybridized carbons (Fsp3) is 0.231. The van der Waals surface area contributed by atoms with Gasteiger partial charge in [-0.1, -0.05) is 0 Å². The van der Waals surface area contributed by atoms with Crippen molar-refractivity contribution in [2.45, 2.75) is 0 Å². The zero-order valence-corrected chi connectivity index (χ0v) is 11.2. The van der Waals surface area contributed by atoms with E-state index in [9.17, 15) is 9.90 Å². The van der Waals surface area contributed by atoms with E-state index >= 15 is 0 Å². The molecule has 0 fully saturated rings. The molecule has 0 amide bonds. The number of hydrogen-bond acceptors (Lipinski definition) is 5. The van der Waals surface area contributed by atoms with Crippen molar-refractivity contribution < 1.29 is 24.5 Å². The third-order valence-corrected chi connectivity index (χ3v) is 2.88. The predicted molar refractivity (Wildman–Crippen MR) is 70.4 cm³/mol. The van der Waals surface area contributed by atoms with Crippen molar-refractivity contribution >= 4 is 5.97 Å². The van der Waals surface area contributed by atoms with E-state index in [0.29, 0.717) is 22.8 Å². The van der Waals surface area contributed by atoms with Crippen LogP contribution in [0.3, 0.4) is 0 Å². The fourth-order valence-electron chi connectivity index (χ4n) is 1.97. The quantitative estimate of drug-likeness (QED) is 0.880. The van der Waals surface area contributed by atoms with Gasteiger partial charge in [-0.05, 0) is 18.2 Å². The van der Waals surface area contributed by atoms with Crippen LogP contribution in [-0.2, 0) is 7.05 Å². The molecule has 0 spiro atoms. The molecule has 0 saturated carbocycles. The number of phenolic OH excluding ortho intramolecular Hbond substituents is 1. The Hall–Kier alpha value is -2.70. The first-order valence-corrected chi connectivity index (χ1v) is 5.71. The van der Waals surface area contributed by atoms with Crippen LogP contribution in [0.1, 0.15) is 10.5 Å². The number of nitrogens with zero attached hydrogens (tertiary/aromatic N) is 2. The number of aromatic nitrogens is 2. The molecule has 0 aliphatic heterocycles. The standard InChI is InChI=1S/C13H14N2O5/c1-15-8(6-7(14-15)13(17)18)11-9(16)4-5-10(19-2)12(11)20-3/h4-6,16H,1-3H3,(H,17,18). The molecule has 0 bridgehead atoms. The van der Waals surface area contributed by atoms with E-state index in [1.165, 1.54) is 31.0 Å². The van der Waals surface area contributed by atoms with Gasteiger partial charge in [-0.25, -0.2) is 4.79 Å². The number of aromatic carboxylic acids is 1. The Morgan fingerprint density at radius 1 is 1.30 bits per heavy atom. The molecule has 0 aliphatic rings. The molecule has 2 aromatic rings. The minimum atomic E-state index is -1.15. The molecule has 1 heterocycles. The van der Waals surface area contributed by atoms with E-state index in [2.05, 4.69) is 5.10 Å². The molecule has 0 radical (unpaired) electrons. The maximum absolute atomic E-state index is 11.0. The molecule has 2 N–H and O–H groups in total. The molecule has 0 saturated heterocycles. The Labute approximate surface area is 115 Å². The molecular formula is C13H14N2O5. The summed E-state index contributed by atoms with van der Waals surface area (Å²) in [6.45, 7) is 0. The Bertz CT molecular complexity index is 663. The maximum Gasteiger partial charge on any atom is 0.356 e. The van der Waals surface area contributed by atoms with Gasteiger partial charge in [0.2, 0.25) is 0 Å². The predicted octanol–water partition coefficient (Wildman–Crippen LogP) is 1.51. The molecule has 0 atom stereocenters. The summed E-state index contributed by atoms with van der Waals surface area (Å²) >= 11 is 0. The largest absolute Gasteiger partial charge is 0.507 e. The van der Waals surface area contributed by atoms with Crippen LogP contribution < -0.4 is 9.47 Å². The highest BCUT2D eigenvalue weighted by Crippen LogP contribution is 2.43. The number of methoxy groups -OCH3 is 2. The van der Waals surface area contributed by atoms with Gasteiger partial charge in [-0.3, -0.25) is 4.68 Å². The molecule has 106 valence electrons. The van der Waals surface area contributed by atoms with Crippen LogP contribution in [-0.4, -0.2) is 40.2 Å². The number of carbonyl (C=O) groups is 1. The summed E-state index contributed by atoms with van der Waals surface area (Å²) in [4.78, 5) is 11.0. The number of aromatic hydroxyl groups is 1. The zero-order valence-electron chi connectivity index (χ0n) is 11.2. The Balaban J connectivity index is 2.71. The van der Waals surface area contributed by atoms with Gasteiger partial charge >= 0.3 is 5.97 Å². The lowest BCUT2D eigenvalue weighted by atomic mass is 10.1. The normalized spacial score (nSPS) is 10.3. The number of ether oxygens (including phenoxy) is 2. The number of rotatable bonds is 4. The molecule has 20 heavy (non-hydrogen) atoms. The summed E-state index contributed by atoms with van der Waals surface area (Å²) in [5, 5.41) is 22.9. The lowest BCUT2D eigenvalue weighted by Crippen LogP contribution is -2.00. The Kier molecular flexibility index (Phi) is 3.51. The van der Waals surface area contributed by atoms with E-state index in [1.807, 2.05) is 0 Å². The van der Waals surface area contributed by atoms with Gasteiger partial charge < -0.3 is 19.7 Å². The summed E-state index contributed by atoms with van der Waals surface area (Å²) in [7, 11) is 4.50. The fourth-order valence-corrected chi connectivity index (χ4v) is 1.97. The zero-order chi connectivity index (χ0) is 14.9. The lowest BCUT2D eigenvalue weighted by molar-refractivity contribution is 0.0689. The number of benzene rings is 1. The number of carboxylic acids is 1. The second kappa shape index (κ2) is 5.12. The summed E-state index contributed by atoms with van der Waals surface area (Å²) in [6.07, 6.45) is 0. The minimum Gasteiger partial charge on any atom is -0.507 e. The summed E-state index contributed by atoms with van der Waals surface area (Å²) < 4.78 is 11.8. The Morgan fingerprint density at radius 3 is 2.50 bits per heavy atom. The Morgan fingerprint density at radius 2 is 2.00 bits per heavy atom. The molecule has 2 rings (SSSR count). The molecule has 7 heteroatoms. The van der Waals surface area contributed by atoms with Gasteiger partial charge in [-0.2, -0.15) is 5.10 Å². The van der Waals surface area contributed by atoms with Gasteiger partial charge in [0.15, 0.2) is 17.2 Å². The summed E-state index contributed by atoms with van der Waals surface area (Å²) in [5.41, 5.74) is 0.622. The van der Waals surface area contributed by atoms with Crippen molar-refractivity contribution in [3.8, 4) is 28.5 Å². The monoisotopic (exact) mass is 278 g/mol. The number of aryl methyl sites for hydroxylation is 1. The highest BCUT2D eigenvalue weighted by Gasteiger charge is 2.21. The number of carboxylic acid groups (broad SMARTS) is 1. The average Bonchev–Trinajstić information content (AvgIpc) is 2.80. The molecule has 7 nitrogen and oxygen atoms in total. The van der Waals surface area contributed by atoms with Crippen LogP contribution in [0.4, 0.5) is 0 Å². The third kappa shape index (κ3) is 2.13. The molecule has 0 aliphatic carbocycles. The molecule has 1 aromatic carbocycles. The summed E-state index contributed by atoms with van der Waals surface area (Å²) in [5.74, 6) is -0.457. The van der Waals surface area contributed by atoms with Crippen molar-refractivity contribution in [3.05, 3.63) is 23.9 Å². The molecule has 1 aromatic heterocycles. The van der Waals surface area contributed by atoms with Gasteiger partial charge in [0, 0.05) is 7.05 Å². The first-order valence-electron chi connectivity index (χ1n) is 5.71. The van der Waals surface area contributed by atoms with Crippen molar-refractivity contribution in [3.63, 3.8) is 0 Å². The van der Waals surface area contributed by atoms with Gasteiger partial charge in [0.05, 0.1) is 25.5 Å². The lowest BCUT2D eigenvalue weighted by Gasteiger charge is -2.14. The first-order chi connectivity index (χ1) is 9.49. The topological polar surface area (TPSA) is 93.8 Å². The second-order valence-electron chi connectivity index (χ2n) is 4.04. The van der Waals surface area contributed by atoms with Crippen molar-refractivity contribution in [2.75, 3.05) is 14.2 Å². The van der Waals surface area contributed by atoms with Crippen LogP contribution in [0.25, 0.3) is 11.3 Å². The average molecular weight is 278 g/mol.